The highest BCUT2D eigenvalue weighted by Gasteiger charge is 2.52. The minimum absolute atomic E-state index is 0.0341. The van der Waals surface area contributed by atoms with Crippen molar-refractivity contribution < 1.29 is 66.7 Å². The topological polar surface area (TPSA) is 196 Å². The average molecular weight is 658 g/mol. The molecule has 0 aliphatic carbocycles. The van der Waals surface area contributed by atoms with Gasteiger partial charge in [0.25, 0.3) is 0 Å². The van der Waals surface area contributed by atoms with Gasteiger partial charge < -0.3 is 38.5 Å². The summed E-state index contributed by atoms with van der Waals surface area (Å²) in [5.74, 6) is -5.52. The van der Waals surface area contributed by atoms with Crippen molar-refractivity contribution in [1.82, 2.24) is 0 Å². The third-order valence-electron chi connectivity index (χ3n) is 6.43. The van der Waals surface area contributed by atoms with Crippen molar-refractivity contribution in [3.8, 4) is 5.75 Å². The van der Waals surface area contributed by atoms with Gasteiger partial charge in [0, 0.05) is 46.4 Å². The molecule has 1 fully saturated rings. The maximum atomic E-state index is 13.3. The van der Waals surface area contributed by atoms with Crippen molar-refractivity contribution in [2.24, 2.45) is 0 Å². The van der Waals surface area contributed by atoms with Crippen molar-refractivity contribution in [2.75, 3.05) is 11.9 Å². The van der Waals surface area contributed by atoms with Crippen molar-refractivity contribution in [1.29, 1.82) is 0 Å². The third-order valence-corrected chi connectivity index (χ3v) is 6.43. The Bertz CT molecular complexity index is 1490. The zero-order valence-electron chi connectivity index (χ0n) is 26.3. The van der Waals surface area contributed by atoms with E-state index in [1.54, 1.807) is 24.3 Å². The Morgan fingerprint density at radius 2 is 1.28 bits per heavy atom. The maximum Gasteiger partial charge on any atom is 0.342 e. The number of hydrogen-bond acceptors (Lipinski definition) is 14. The molecule has 2 aromatic rings. The van der Waals surface area contributed by atoms with E-state index in [1.165, 1.54) is 18.2 Å². The molecule has 1 N–H and O–H groups in total. The number of hydrogen-bond donors (Lipinski definition) is 1. The van der Waals surface area contributed by atoms with E-state index in [0.29, 0.717) is 0 Å². The first kappa shape index (κ1) is 36.2. The molecule has 15 heteroatoms. The Labute approximate surface area is 269 Å². The number of anilines is 1. The molecule has 2 aromatic carbocycles. The molecular formula is C32H35NO14. The van der Waals surface area contributed by atoms with E-state index >= 15 is 0 Å². The van der Waals surface area contributed by atoms with Crippen LogP contribution in [0.2, 0.25) is 0 Å². The Morgan fingerprint density at radius 1 is 0.681 bits per heavy atom. The molecule has 0 bridgehead atoms. The van der Waals surface area contributed by atoms with Crippen LogP contribution in [0.3, 0.4) is 0 Å². The number of carbonyl (C=O) groups is 7. The summed E-state index contributed by atoms with van der Waals surface area (Å²) in [5, 5.41) is 2.58. The van der Waals surface area contributed by atoms with Gasteiger partial charge in [-0.3, -0.25) is 28.8 Å². The molecule has 1 aliphatic heterocycles. The van der Waals surface area contributed by atoms with Gasteiger partial charge in [-0.25, -0.2) is 4.79 Å². The van der Waals surface area contributed by atoms with Gasteiger partial charge in [-0.05, 0) is 17.7 Å². The van der Waals surface area contributed by atoms with Gasteiger partial charge in [0.05, 0.1) is 6.42 Å². The van der Waals surface area contributed by atoms with Gasteiger partial charge in [-0.15, -0.1) is 0 Å². The predicted molar refractivity (Wildman–Crippen MR) is 159 cm³/mol. The summed E-state index contributed by atoms with van der Waals surface area (Å²) in [6.45, 7) is 5.03. The quantitative estimate of drug-likeness (QED) is 0.198. The van der Waals surface area contributed by atoms with Gasteiger partial charge in [0.2, 0.25) is 5.91 Å². The van der Waals surface area contributed by atoms with Gasteiger partial charge in [-0.2, -0.15) is 0 Å². The van der Waals surface area contributed by atoms with Gasteiger partial charge in [-0.1, -0.05) is 30.3 Å². The van der Waals surface area contributed by atoms with Crippen LogP contribution in [0.15, 0.2) is 48.5 Å². The van der Waals surface area contributed by atoms with E-state index in [9.17, 15) is 33.6 Å². The van der Waals surface area contributed by atoms with Crippen LogP contribution in [0, 0.1) is 0 Å². The van der Waals surface area contributed by atoms with Gasteiger partial charge >= 0.3 is 35.8 Å². The highest BCUT2D eigenvalue weighted by atomic mass is 16.7. The number of nitrogens with one attached hydrogen (secondary N) is 1. The second-order valence-electron chi connectivity index (χ2n) is 10.4. The molecule has 0 radical (unpaired) electrons. The fourth-order valence-electron chi connectivity index (χ4n) is 4.69. The second-order valence-corrected chi connectivity index (χ2v) is 10.4. The molecule has 0 spiro atoms. The number of carbonyl (C=O) groups excluding carboxylic acids is 7. The van der Waals surface area contributed by atoms with Crippen molar-refractivity contribution >= 4 is 47.4 Å². The minimum atomic E-state index is -1.44. The van der Waals surface area contributed by atoms with Crippen LogP contribution in [-0.4, -0.2) is 78.8 Å². The summed E-state index contributed by atoms with van der Waals surface area (Å²) < 4.78 is 37.6. The lowest BCUT2D eigenvalue weighted by Crippen LogP contribution is -2.62. The first-order chi connectivity index (χ1) is 22.2. The number of ether oxygens (including phenoxy) is 7. The summed E-state index contributed by atoms with van der Waals surface area (Å²) in [6.07, 6.45) is -7.28. The van der Waals surface area contributed by atoms with Crippen LogP contribution >= 0.6 is 0 Å². The number of esters is 6. The summed E-state index contributed by atoms with van der Waals surface area (Å²) in [6, 6.07) is 12.8. The van der Waals surface area contributed by atoms with E-state index in [2.05, 4.69) is 5.32 Å². The summed E-state index contributed by atoms with van der Waals surface area (Å²) in [7, 11) is 0. The zero-order chi connectivity index (χ0) is 34.7. The highest BCUT2D eigenvalue weighted by molar-refractivity contribution is 5.96. The van der Waals surface area contributed by atoms with E-state index in [4.69, 9.17) is 33.2 Å². The van der Waals surface area contributed by atoms with E-state index in [1.807, 2.05) is 6.07 Å². The second kappa shape index (κ2) is 16.8. The predicted octanol–water partition coefficient (Wildman–Crippen LogP) is 2.42. The molecule has 15 nitrogen and oxygen atoms in total. The number of benzene rings is 2. The zero-order valence-corrected chi connectivity index (χ0v) is 26.3. The van der Waals surface area contributed by atoms with Gasteiger partial charge in [0.1, 0.15) is 36.7 Å². The lowest BCUT2D eigenvalue weighted by molar-refractivity contribution is -0.252. The molecule has 1 amide bonds. The monoisotopic (exact) mass is 657 g/mol. The van der Waals surface area contributed by atoms with E-state index in [0.717, 1.165) is 40.2 Å². The first-order valence-corrected chi connectivity index (χ1v) is 14.4. The lowest BCUT2D eigenvalue weighted by Gasteiger charge is -2.44. The van der Waals surface area contributed by atoms with Crippen molar-refractivity contribution in [3.63, 3.8) is 0 Å². The van der Waals surface area contributed by atoms with Crippen LogP contribution in [0.4, 0.5) is 5.69 Å². The molecule has 1 saturated heterocycles. The fraction of sp³-hybridized carbons (Fsp3) is 0.406. The van der Waals surface area contributed by atoms with E-state index < -0.39 is 85.3 Å². The molecule has 0 saturated carbocycles. The van der Waals surface area contributed by atoms with Crippen LogP contribution in [0.5, 0.6) is 5.75 Å². The van der Waals surface area contributed by atoms with Crippen molar-refractivity contribution in [2.45, 2.75) is 78.2 Å². The fourth-order valence-corrected chi connectivity index (χ4v) is 4.69. The number of rotatable bonds is 12. The highest BCUT2D eigenvalue weighted by Crippen LogP contribution is 2.31. The van der Waals surface area contributed by atoms with Crippen LogP contribution in [0.25, 0.3) is 0 Å². The average Bonchev–Trinajstić information content (AvgIpc) is 2.97. The summed E-state index contributed by atoms with van der Waals surface area (Å²) >= 11 is 0. The Kier molecular flexibility index (Phi) is 13.0. The maximum absolute atomic E-state index is 13.3. The molecule has 0 aromatic heterocycles. The van der Waals surface area contributed by atoms with Crippen LogP contribution < -0.4 is 10.1 Å². The summed E-state index contributed by atoms with van der Waals surface area (Å²) in [5.41, 5.74) is 0.770. The Balaban J connectivity index is 1.85. The number of amides is 1. The molecule has 1 unspecified atom stereocenters. The molecule has 47 heavy (non-hydrogen) atoms. The molecule has 3 rings (SSSR count). The Hall–Kier alpha value is -5.31. The normalized spacial score (nSPS) is 20.1. The molecule has 1 heterocycles. The standard InChI is InChI=1S/C32H35NO14/c1-17(34)41-16-27-30(45-20(4)37)31(46-21(5)38)29(44-19(3)36)26(47-27)14-28(39)33-23-11-12-24(25(13-23)43-18(2)35)32(40)42-15-22-9-7-6-8-10-22/h6-13,26-27,29-31H,14-16H2,1-5H3,(H,33,39)/t26?,27-,29+,30-,31-/m1/s1. The largest absolute Gasteiger partial charge is 0.463 e. The SMILES string of the molecule is CC(=O)OC[C@H]1OC(CC(=O)Nc2ccc(C(=O)OCc3ccccc3)c(OC(C)=O)c2)[C@H](OC(C)=O)[C@@H](OC(C)=O)[C@@H]1OC(C)=O. The molecule has 5 atom stereocenters. The molecule has 252 valence electrons. The minimum Gasteiger partial charge on any atom is -0.463 e. The van der Waals surface area contributed by atoms with Crippen LogP contribution in [-0.2, 0) is 63.8 Å². The van der Waals surface area contributed by atoms with Crippen LogP contribution in [0.1, 0.15) is 57.0 Å². The first-order valence-electron chi connectivity index (χ1n) is 14.4. The third kappa shape index (κ3) is 11.2. The molecular weight excluding hydrogens is 622 g/mol. The Morgan fingerprint density at radius 3 is 1.85 bits per heavy atom. The van der Waals surface area contributed by atoms with Gasteiger partial charge in [0.15, 0.2) is 18.3 Å². The van der Waals surface area contributed by atoms with E-state index in [-0.39, 0.29) is 23.6 Å². The molecule has 1 aliphatic rings. The summed E-state index contributed by atoms with van der Waals surface area (Å²) in [4.78, 5) is 85.4. The van der Waals surface area contributed by atoms with Crippen molar-refractivity contribution in [3.05, 3.63) is 59.7 Å². The smallest absolute Gasteiger partial charge is 0.342 e. The lowest BCUT2D eigenvalue weighted by atomic mass is 9.92.